The van der Waals surface area contributed by atoms with E-state index < -0.39 is 23.9 Å². The minimum Gasteiger partial charge on any atom is -0.481 e. The number of carboxylic acids is 2. The van der Waals surface area contributed by atoms with E-state index in [0.29, 0.717) is 30.9 Å². The summed E-state index contributed by atoms with van der Waals surface area (Å²) in [7, 11) is 0. The van der Waals surface area contributed by atoms with E-state index in [0.717, 1.165) is 5.56 Å². The van der Waals surface area contributed by atoms with Gasteiger partial charge in [-0.2, -0.15) is 4.98 Å². The van der Waals surface area contributed by atoms with Crippen LogP contribution in [0.3, 0.4) is 0 Å². The molecule has 32 heavy (non-hydrogen) atoms. The van der Waals surface area contributed by atoms with Gasteiger partial charge in [0.15, 0.2) is 0 Å². The van der Waals surface area contributed by atoms with Crippen LogP contribution in [0.15, 0.2) is 29.1 Å². The smallest absolute Gasteiger partial charge is 0.326 e. The molecule has 0 bridgehead atoms. The number of nitrogens with zero attached hydrogens (tertiary/aromatic N) is 1. The highest BCUT2D eigenvalue weighted by Crippen LogP contribution is 2.16. The van der Waals surface area contributed by atoms with Gasteiger partial charge in [-0.3, -0.25) is 19.4 Å². The van der Waals surface area contributed by atoms with Gasteiger partial charge in [-0.1, -0.05) is 12.1 Å². The standard InChI is InChI=1S/C20H24N6O6/c21-20-25-16-13(18(30)26-20)7-12(9-23-16)22-8-10-1-3-11(4-2-10)17(29)24-14(19(31)32)5-6-15(27)28/h1-4,12,14,22H,5-9H2,(H,24,29)(H,27,28)(H,31,32)(H4,21,23,25,26,30)/t12-,14+/m1/s1. The summed E-state index contributed by atoms with van der Waals surface area (Å²) in [5, 5.41) is 26.6. The Morgan fingerprint density at radius 3 is 2.59 bits per heavy atom. The molecule has 0 fully saturated rings. The number of carbonyl (C=O) groups is 3. The fourth-order valence-electron chi connectivity index (χ4n) is 3.34. The van der Waals surface area contributed by atoms with Gasteiger partial charge in [0.05, 0.1) is 5.56 Å². The highest BCUT2D eigenvalue weighted by Gasteiger charge is 2.23. The molecule has 12 nitrogen and oxygen atoms in total. The maximum Gasteiger partial charge on any atom is 0.326 e. The maximum atomic E-state index is 12.3. The molecule has 1 aliphatic heterocycles. The number of aliphatic carboxylic acids is 2. The van der Waals surface area contributed by atoms with Crippen molar-refractivity contribution in [3.63, 3.8) is 0 Å². The molecule has 2 heterocycles. The molecule has 8 N–H and O–H groups in total. The zero-order chi connectivity index (χ0) is 23.3. The Bertz CT molecular complexity index is 1070. The first-order chi connectivity index (χ1) is 15.2. The van der Waals surface area contributed by atoms with Crippen molar-refractivity contribution < 1.29 is 24.6 Å². The van der Waals surface area contributed by atoms with Crippen LogP contribution in [0.4, 0.5) is 11.8 Å². The second-order valence-corrected chi connectivity index (χ2v) is 7.43. The number of nitrogen functional groups attached to an aromatic ring is 1. The predicted octanol–water partition coefficient (Wildman–Crippen LogP) is -0.474. The molecule has 0 spiro atoms. The Morgan fingerprint density at radius 2 is 1.94 bits per heavy atom. The number of carbonyl (C=O) groups excluding carboxylic acids is 1. The van der Waals surface area contributed by atoms with Crippen molar-refractivity contribution in [2.75, 3.05) is 17.6 Å². The lowest BCUT2D eigenvalue weighted by Crippen LogP contribution is -2.42. The number of benzene rings is 1. The number of nitrogens with one attached hydrogen (secondary N) is 4. The predicted molar refractivity (Wildman–Crippen MR) is 114 cm³/mol. The summed E-state index contributed by atoms with van der Waals surface area (Å²) < 4.78 is 0. The molecule has 1 aromatic carbocycles. The van der Waals surface area contributed by atoms with E-state index >= 15 is 0 Å². The number of H-pyrrole nitrogens is 1. The summed E-state index contributed by atoms with van der Waals surface area (Å²) in [4.78, 5) is 52.8. The Morgan fingerprint density at radius 1 is 1.22 bits per heavy atom. The Hall–Kier alpha value is -3.93. The van der Waals surface area contributed by atoms with Crippen molar-refractivity contribution in [1.29, 1.82) is 0 Å². The molecule has 0 saturated heterocycles. The van der Waals surface area contributed by atoms with Gasteiger partial charge in [-0.25, -0.2) is 4.79 Å². The molecule has 2 aromatic rings. The van der Waals surface area contributed by atoms with Crippen LogP contribution in [0.5, 0.6) is 0 Å². The number of anilines is 2. The normalized spacial score (nSPS) is 15.8. The highest BCUT2D eigenvalue weighted by atomic mass is 16.4. The van der Waals surface area contributed by atoms with Crippen LogP contribution in [0, 0.1) is 0 Å². The molecule has 12 heteroatoms. The molecular weight excluding hydrogens is 420 g/mol. The number of hydrogen-bond donors (Lipinski definition) is 7. The van der Waals surface area contributed by atoms with Gasteiger partial charge in [0.2, 0.25) is 5.95 Å². The van der Waals surface area contributed by atoms with Gasteiger partial charge in [-0.05, 0) is 30.5 Å². The van der Waals surface area contributed by atoms with Crippen molar-refractivity contribution in [1.82, 2.24) is 20.6 Å². The molecule has 1 amide bonds. The minimum atomic E-state index is -1.29. The minimum absolute atomic E-state index is 0.0115. The average Bonchev–Trinajstić information content (AvgIpc) is 2.75. The van der Waals surface area contributed by atoms with E-state index in [4.69, 9.17) is 15.9 Å². The average molecular weight is 444 g/mol. The quantitative estimate of drug-likeness (QED) is 0.265. The fourth-order valence-corrected chi connectivity index (χ4v) is 3.34. The third-order valence-corrected chi connectivity index (χ3v) is 5.06. The number of fused-ring (bicyclic) bond motifs is 1. The van der Waals surface area contributed by atoms with Gasteiger partial charge in [-0.15, -0.1) is 0 Å². The first-order valence-electron chi connectivity index (χ1n) is 9.93. The van der Waals surface area contributed by atoms with Crippen molar-refractivity contribution in [3.8, 4) is 0 Å². The summed E-state index contributed by atoms with van der Waals surface area (Å²) in [6.45, 7) is 1.05. The first kappa shape index (κ1) is 22.7. The second kappa shape index (κ2) is 9.92. The maximum absolute atomic E-state index is 12.3. The van der Waals surface area contributed by atoms with Crippen molar-refractivity contribution in [3.05, 3.63) is 51.3 Å². The second-order valence-electron chi connectivity index (χ2n) is 7.43. The van der Waals surface area contributed by atoms with Crippen LogP contribution in [0.1, 0.15) is 34.3 Å². The van der Waals surface area contributed by atoms with Crippen LogP contribution >= 0.6 is 0 Å². The van der Waals surface area contributed by atoms with E-state index in [1.54, 1.807) is 24.3 Å². The lowest BCUT2D eigenvalue weighted by atomic mass is 10.0. The molecule has 170 valence electrons. The number of rotatable bonds is 9. The summed E-state index contributed by atoms with van der Waals surface area (Å²) in [5.74, 6) is -2.47. The molecule has 0 saturated carbocycles. The van der Waals surface area contributed by atoms with Gasteiger partial charge >= 0.3 is 11.9 Å². The number of nitrogens with two attached hydrogens (primary N) is 1. The highest BCUT2D eigenvalue weighted by molar-refractivity contribution is 5.96. The zero-order valence-corrected chi connectivity index (χ0v) is 17.1. The number of aromatic amines is 1. The third-order valence-electron chi connectivity index (χ3n) is 5.06. The van der Waals surface area contributed by atoms with Crippen molar-refractivity contribution in [2.45, 2.75) is 37.9 Å². The van der Waals surface area contributed by atoms with Gasteiger partial charge in [0.25, 0.3) is 11.5 Å². The SMILES string of the molecule is Nc1nc2c(c(=O)[nH]1)C[C@@H](NCc1ccc(C(=O)N[C@@H](CCC(=O)O)C(=O)O)cc1)CN2. The van der Waals surface area contributed by atoms with Crippen molar-refractivity contribution >= 4 is 29.6 Å². The lowest BCUT2D eigenvalue weighted by Gasteiger charge is -2.25. The largest absolute Gasteiger partial charge is 0.481 e. The molecule has 1 aromatic heterocycles. The zero-order valence-electron chi connectivity index (χ0n) is 17.1. The van der Waals surface area contributed by atoms with Crippen LogP contribution in [-0.4, -0.2) is 56.7 Å². The van der Waals surface area contributed by atoms with E-state index in [9.17, 15) is 19.2 Å². The van der Waals surface area contributed by atoms with Crippen LogP contribution in [0.25, 0.3) is 0 Å². The van der Waals surface area contributed by atoms with E-state index in [1.807, 2.05) is 0 Å². The monoisotopic (exact) mass is 444 g/mol. The molecule has 0 radical (unpaired) electrons. The van der Waals surface area contributed by atoms with Crippen LogP contribution in [0.2, 0.25) is 0 Å². The molecular formula is C20H24N6O6. The number of aromatic nitrogens is 2. The summed E-state index contributed by atoms with van der Waals surface area (Å²) in [5.41, 5.74) is 6.96. The lowest BCUT2D eigenvalue weighted by molar-refractivity contribution is -0.140. The number of carboxylic acid groups (broad SMARTS) is 2. The number of amides is 1. The Kier molecular flexibility index (Phi) is 7.05. The van der Waals surface area contributed by atoms with Crippen molar-refractivity contribution in [2.24, 2.45) is 0 Å². The molecule has 3 rings (SSSR count). The van der Waals surface area contributed by atoms with E-state index in [-0.39, 0.29) is 36.0 Å². The van der Waals surface area contributed by atoms with Crippen LogP contribution < -0.4 is 27.2 Å². The summed E-state index contributed by atoms with van der Waals surface area (Å²) in [6.07, 6.45) is -0.0854. The fraction of sp³-hybridized carbons (Fsp3) is 0.350. The summed E-state index contributed by atoms with van der Waals surface area (Å²) in [6, 6.07) is 5.29. The molecule has 2 atom stereocenters. The number of hydrogen-bond acceptors (Lipinski definition) is 8. The van der Waals surface area contributed by atoms with E-state index in [2.05, 4.69) is 25.9 Å². The Balaban J connectivity index is 1.54. The van der Waals surface area contributed by atoms with Gasteiger partial charge in [0.1, 0.15) is 11.9 Å². The van der Waals surface area contributed by atoms with Gasteiger partial charge in [0, 0.05) is 31.1 Å². The summed E-state index contributed by atoms with van der Waals surface area (Å²) >= 11 is 0. The van der Waals surface area contributed by atoms with Gasteiger partial charge < -0.3 is 31.9 Å². The molecule has 0 aliphatic carbocycles. The Labute approximate surface area is 182 Å². The topological polar surface area (TPSA) is 200 Å². The molecule has 0 unspecified atom stereocenters. The van der Waals surface area contributed by atoms with E-state index in [1.165, 1.54) is 0 Å². The third kappa shape index (κ3) is 5.82. The molecule has 1 aliphatic rings. The van der Waals surface area contributed by atoms with Crippen LogP contribution in [-0.2, 0) is 22.6 Å². The first-order valence-corrected chi connectivity index (χ1v) is 9.93.